The Labute approximate surface area is 66.8 Å². The van der Waals surface area contributed by atoms with Crippen LogP contribution in [0.4, 0.5) is 0 Å². The fourth-order valence-electron chi connectivity index (χ4n) is 0.239. The Balaban J connectivity index is 4.19. The number of nitrogens with zero attached hydrogens (tertiary/aromatic N) is 1. The fourth-order valence-corrected chi connectivity index (χ4v) is 0.317. The van der Waals surface area contributed by atoms with Gasteiger partial charge in [-0.05, 0) is 0 Å². The Morgan fingerprint density at radius 3 is 2.89 bits per heavy atom. The van der Waals surface area contributed by atoms with Gasteiger partial charge in [0.05, 0.1) is 0 Å². The van der Waals surface area contributed by atoms with Crippen LogP contribution in [0.3, 0.4) is 0 Å². The van der Waals surface area contributed by atoms with Gasteiger partial charge in [0.15, 0.2) is 0 Å². The molecule has 0 amide bonds. The summed E-state index contributed by atoms with van der Waals surface area (Å²) in [5, 5.41) is 0. The first-order valence-corrected chi connectivity index (χ1v) is 3.53. The second kappa shape index (κ2) is 4.72. The number of allylic oxidation sites excluding steroid dienone is 1. The SMILES string of the molecule is [2H]C(=N[C](C)=[V])C(=C)CC. The van der Waals surface area contributed by atoms with Crippen molar-refractivity contribution in [2.24, 2.45) is 4.99 Å². The summed E-state index contributed by atoms with van der Waals surface area (Å²) < 4.78 is 8.17. The maximum atomic E-state index is 7.33. The minimum atomic E-state index is 0.292. The molecule has 0 bridgehead atoms. The molecule has 49 valence electrons. The van der Waals surface area contributed by atoms with Gasteiger partial charge < -0.3 is 0 Å². The molecular formula is C7H11NV. The third kappa shape index (κ3) is 5.74. The van der Waals surface area contributed by atoms with Crippen molar-refractivity contribution in [3.8, 4) is 0 Å². The molecule has 0 unspecified atom stereocenters. The third-order valence-electron chi connectivity index (χ3n) is 0.803. The van der Waals surface area contributed by atoms with E-state index in [1.165, 1.54) is 0 Å². The van der Waals surface area contributed by atoms with Gasteiger partial charge in [-0.2, -0.15) is 0 Å². The summed E-state index contributed by atoms with van der Waals surface area (Å²) >= 11 is 2.30. The Morgan fingerprint density at radius 1 is 2.00 bits per heavy atom. The van der Waals surface area contributed by atoms with Gasteiger partial charge in [0.25, 0.3) is 0 Å². The Kier molecular flexibility index (Phi) is 3.66. The second-order valence-corrected chi connectivity index (χ2v) is 2.74. The van der Waals surface area contributed by atoms with Crippen molar-refractivity contribution < 1.29 is 18.3 Å². The van der Waals surface area contributed by atoms with E-state index in [0.29, 0.717) is 6.19 Å². The summed E-state index contributed by atoms with van der Waals surface area (Å²) in [6.07, 6.45) is 1.09. The number of hydrogen-bond acceptors (Lipinski definition) is 1. The number of hydrogen-bond donors (Lipinski definition) is 0. The van der Waals surface area contributed by atoms with Crippen LogP contribution in [0.25, 0.3) is 0 Å². The van der Waals surface area contributed by atoms with Crippen LogP contribution < -0.4 is 0 Å². The first kappa shape index (κ1) is 6.98. The van der Waals surface area contributed by atoms with Gasteiger partial charge in [-0.15, -0.1) is 0 Å². The van der Waals surface area contributed by atoms with Crippen LogP contribution in [0.5, 0.6) is 0 Å². The molecule has 0 aliphatic heterocycles. The van der Waals surface area contributed by atoms with Gasteiger partial charge in [-0.25, -0.2) is 0 Å². The summed E-state index contributed by atoms with van der Waals surface area (Å²) in [4.78, 5) is 3.92. The van der Waals surface area contributed by atoms with E-state index in [1.54, 1.807) is 0 Å². The topological polar surface area (TPSA) is 12.4 Å². The zero-order valence-corrected chi connectivity index (χ0v) is 7.21. The molecule has 1 nitrogen and oxygen atoms in total. The van der Waals surface area contributed by atoms with Gasteiger partial charge in [-0.3, -0.25) is 0 Å². The van der Waals surface area contributed by atoms with E-state index in [4.69, 9.17) is 1.37 Å². The molecular weight excluding hydrogens is 149 g/mol. The Morgan fingerprint density at radius 2 is 2.56 bits per heavy atom. The van der Waals surface area contributed by atoms with Crippen molar-refractivity contribution in [3.05, 3.63) is 12.2 Å². The average molecular weight is 161 g/mol. The molecule has 9 heavy (non-hydrogen) atoms. The molecule has 0 N–H and O–H groups in total. The predicted octanol–water partition coefficient (Wildman–Crippen LogP) is 1.72. The van der Waals surface area contributed by atoms with Crippen LogP contribution >= 0.6 is 0 Å². The van der Waals surface area contributed by atoms with Crippen LogP contribution in [-0.2, 0) is 17.0 Å². The van der Waals surface area contributed by atoms with E-state index < -0.39 is 0 Å². The molecule has 0 aliphatic carbocycles. The van der Waals surface area contributed by atoms with Crippen molar-refractivity contribution >= 4 is 10.5 Å². The molecule has 0 heterocycles. The van der Waals surface area contributed by atoms with E-state index in [2.05, 4.69) is 28.6 Å². The summed E-state index contributed by atoms with van der Waals surface area (Å²) in [7, 11) is 0. The summed E-state index contributed by atoms with van der Waals surface area (Å²) in [5.41, 5.74) is 0.783. The minimum absolute atomic E-state index is 0.292. The predicted molar refractivity (Wildman–Crippen MR) is 38.6 cm³/mol. The third-order valence-corrected chi connectivity index (χ3v) is 0.959. The molecule has 0 aliphatic rings. The van der Waals surface area contributed by atoms with Gasteiger partial charge in [0.2, 0.25) is 0 Å². The molecule has 0 aromatic carbocycles. The number of aliphatic imine (C=N–C) groups is 1. The normalized spacial score (nSPS) is 12.6. The average Bonchev–Trinajstić information content (AvgIpc) is 1.85. The van der Waals surface area contributed by atoms with Crippen LogP contribution in [0, 0.1) is 0 Å². The molecule has 0 saturated heterocycles. The standard InChI is InChI=1S/C7H11N.V/c1-4-7(3)6-8-5-2;/h6H,3-4H2,1-2H3;/i6D;. The van der Waals surface area contributed by atoms with E-state index >= 15 is 0 Å². The zero-order chi connectivity index (χ0) is 8.15. The summed E-state index contributed by atoms with van der Waals surface area (Å²) in [5.74, 6) is 0. The zero-order valence-electron chi connectivity index (χ0n) is 6.81. The first-order valence-electron chi connectivity index (χ1n) is 3.34. The van der Waals surface area contributed by atoms with Crippen LogP contribution in [-0.4, -0.2) is 10.5 Å². The van der Waals surface area contributed by atoms with E-state index in [0.717, 1.165) is 16.3 Å². The Bertz CT molecular complexity index is 184. The maximum absolute atomic E-state index is 7.33. The van der Waals surface area contributed by atoms with Gasteiger partial charge in [0, 0.05) is 0 Å². The van der Waals surface area contributed by atoms with Crippen LogP contribution in [0.15, 0.2) is 17.1 Å². The van der Waals surface area contributed by atoms with Crippen molar-refractivity contribution in [3.63, 3.8) is 0 Å². The van der Waals surface area contributed by atoms with Crippen molar-refractivity contribution in [2.45, 2.75) is 20.3 Å². The van der Waals surface area contributed by atoms with Crippen molar-refractivity contribution in [2.75, 3.05) is 0 Å². The fraction of sp³-hybridized carbons (Fsp3) is 0.429. The molecule has 0 rings (SSSR count). The van der Waals surface area contributed by atoms with Gasteiger partial charge in [-0.1, -0.05) is 0 Å². The molecule has 0 radical (unpaired) electrons. The van der Waals surface area contributed by atoms with Gasteiger partial charge >= 0.3 is 66.3 Å². The van der Waals surface area contributed by atoms with Crippen molar-refractivity contribution in [1.82, 2.24) is 0 Å². The molecule has 0 saturated carbocycles. The van der Waals surface area contributed by atoms with Gasteiger partial charge in [0.1, 0.15) is 0 Å². The molecule has 0 fully saturated rings. The van der Waals surface area contributed by atoms with Crippen molar-refractivity contribution in [1.29, 1.82) is 0 Å². The monoisotopic (exact) mass is 161 g/mol. The molecule has 0 atom stereocenters. The van der Waals surface area contributed by atoms with E-state index in [9.17, 15) is 0 Å². The van der Waals surface area contributed by atoms with Crippen LogP contribution in [0.1, 0.15) is 21.6 Å². The Hall–Kier alpha value is -0.136. The molecule has 0 aromatic rings. The second-order valence-electron chi connectivity index (χ2n) is 1.73. The molecule has 0 spiro atoms. The van der Waals surface area contributed by atoms with Crippen LogP contribution in [0.2, 0.25) is 0 Å². The van der Waals surface area contributed by atoms with E-state index in [1.807, 2.05) is 13.8 Å². The number of rotatable bonds is 3. The molecule has 0 aromatic heterocycles. The summed E-state index contributed by atoms with van der Waals surface area (Å²) in [6.45, 7) is 7.50. The first-order chi connectivity index (χ1) is 4.57. The van der Waals surface area contributed by atoms with E-state index in [-0.39, 0.29) is 0 Å². The molecule has 2 heteroatoms. The quantitative estimate of drug-likeness (QED) is 0.559. The summed E-state index contributed by atoms with van der Waals surface area (Å²) in [6, 6.07) is 0.